The monoisotopic (exact) mass is 302 g/mol. The van der Waals surface area contributed by atoms with Crippen LogP contribution in [0.4, 0.5) is 5.69 Å². The van der Waals surface area contributed by atoms with E-state index in [4.69, 9.17) is 4.74 Å². The molecule has 1 amide bonds. The van der Waals surface area contributed by atoms with Gasteiger partial charge >= 0.3 is 0 Å². The van der Waals surface area contributed by atoms with Gasteiger partial charge in [-0.25, -0.2) is 0 Å². The molecule has 0 radical (unpaired) electrons. The van der Waals surface area contributed by atoms with Crippen LogP contribution in [0.5, 0.6) is 5.75 Å². The van der Waals surface area contributed by atoms with Crippen molar-refractivity contribution in [2.24, 2.45) is 17.3 Å². The topological polar surface area (TPSA) is 50.4 Å². The number of amides is 1. The third-order valence-corrected chi connectivity index (χ3v) is 4.79. The Morgan fingerprint density at radius 3 is 2.91 bits per heavy atom. The molecule has 1 aliphatic heterocycles. The Hall–Kier alpha value is -1.55. The van der Waals surface area contributed by atoms with E-state index in [-0.39, 0.29) is 17.2 Å². The third-order valence-electron chi connectivity index (χ3n) is 4.79. The Labute approximate surface area is 132 Å². The van der Waals surface area contributed by atoms with Crippen molar-refractivity contribution >= 4 is 11.6 Å². The molecule has 1 unspecified atom stereocenters. The summed E-state index contributed by atoms with van der Waals surface area (Å²) in [6.45, 7) is 7.02. The SMILES string of the molecule is CC(C)COc1cccc(NC(=O)C2CC23CCNCC3)c1. The summed E-state index contributed by atoms with van der Waals surface area (Å²) >= 11 is 0. The molecule has 1 saturated carbocycles. The molecule has 1 heterocycles. The first-order valence-electron chi connectivity index (χ1n) is 8.33. The Morgan fingerprint density at radius 1 is 1.41 bits per heavy atom. The molecule has 1 saturated heterocycles. The Morgan fingerprint density at radius 2 is 2.18 bits per heavy atom. The maximum absolute atomic E-state index is 12.5. The summed E-state index contributed by atoms with van der Waals surface area (Å²) in [5, 5.41) is 6.44. The van der Waals surface area contributed by atoms with Gasteiger partial charge in [0.2, 0.25) is 5.91 Å². The Bertz CT molecular complexity index is 536. The van der Waals surface area contributed by atoms with Crippen LogP contribution in [-0.4, -0.2) is 25.6 Å². The van der Waals surface area contributed by atoms with Crippen molar-refractivity contribution in [2.45, 2.75) is 33.1 Å². The predicted molar refractivity (Wildman–Crippen MR) is 88.0 cm³/mol. The first-order chi connectivity index (χ1) is 10.6. The van der Waals surface area contributed by atoms with E-state index in [1.54, 1.807) is 0 Å². The van der Waals surface area contributed by atoms with Gasteiger partial charge < -0.3 is 15.4 Å². The van der Waals surface area contributed by atoms with Crippen molar-refractivity contribution in [3.8, 4) is 5.75 Å². The Balaban J connectivity index is 1.57. The lowest BCUT2D eigenvalue weighted by atomic mass is 9.92. The summed E-state index contributed by atoms with van der Waals surface area (Å²) in [5.74, 6) is 1.67. The average Bonchev–Trinajstić information content (AvgIpc) is 3.20. The van der Waals surface area contributed by atoms with Crippen LogP contribution in [0.1, 0.15) is 33.1 Å². The van der Waals surface area contributed by atoms with Gasteiger partial charge in [0.1, 0.15) is 5.75 Å². The maximum atomic E-state index is 12.5. The number of rotatable bonds is 5. The van der Waals surface area contributed by atoms with Gasteiger partial charge in [-0.2, -0.15) is 0 Å². The molecular weight excluding hydrogens is 276 g/mol. The van der Waals surface area contributed by atoms with Gasteiger partial charge in [0.05, 0.1) is 6.61 Å². The number of benzene rings is 1. The molecule has 1 aromatic rings. The Kier molecular flexibility index (Phi) is 4.39. The molecule has 0 bridgehead atoms. The van der Waals surface area contributed by atoms with Gasteiger partial charge in [0, 0.05) is 17.7 Å². The molecular formula is C18H26N2O2. The molecule has 2 fully saturated rings. The second-order valence-electron chi connectivity index (χ2n) is 7.09. The molecule has 2 N–H and O–H groups in total. The fourth-order valence-electron chi connectivity index (χ4n) is 3.35. The summed E-state index contributed by atoms with van der Waals surface area (Å²) < 4.78 is 5.72. The van der Waals surface area contributed by atoms with E-state index in [0.717, 1.165) is 43.8 Å². The minimum Gasteiger partial charge on any atom is -0.493 e. The number of carbonyl (C=O) groups is 1. The predicted octanol–water partition coefficient (Wildman–Crippen LogP) is 3.05. The molecule has 3 rings (SSSR count). The molecule has 0 aromatic heterocycles. The standard InChI is InChI=1S/C18H26N2O2/c1-13(2)12-22-15-5-3-4-14(10-15)20-17(21)16-11-18(16)6-8-19-9-7-18/h3-5,10,13,16,19H,6-9,11-12H2,1-2H3,(H,20,21). The van der Waals surface area contributed by atoms with Crippen LogP contribution < -0.4 is 15.4 Å². The van der Waals surface area contributed by atoms with E-state index in [1.807, 2.05) is 24.3 Å². The maximum Gasteiger partial charge on any atom is 0.228 e. The molecule has 4 heteroatoms. The van der Waals surface area contributed by atoms with E-state index in [2.05, 4.69) is 24.5 Å². The fourth-order valence-corrected chi connectivity index (χ4v) is 3.35. The zero-order valence-electron chi connectivity index (χ0n) is 13.5. The quantitative estimate of drug-likeness (QED) is 0.879. The van der Waals surface area contributed by atoms with Crippen LogP contribution in [-0.2, 0) is 4.79 Å². The van der Waals surface area contributed by atoms with Gasteiger partial charge in [-0.15, -0.1) is 0 Å². The minimum absolute atomic E-state index is 0.169. The molecule has 2 aliphatic rings. The van der Waals surface area contributed by atoms with Crippen LogP contribution in [0.15, 0.2) is 24.3 Å². The van der Waals surface area contributed by atoms with E-state index in [1.165, 1.54) is 0 Å². The number of ether oxygens (including phenoxy) is 1. The highest BCUT2D eigenvalue weighted by molar-refractivity contribution is 5.95. The number of hydrogen-bond donors (Lipinski definition) is 2. The molecule has 1 aromatic carbocycles. The summed E-state index contributed by atoms with van der Waals surface area (Å²) in [6.07, 6.45) is 3.30. The molecule has 1 spiro atoms. The van der Waals surface area contributed by atoms with Gasteiger partial charge in [-0.1, -0.05) is 19.9 Å². The highest BCUT2D eigenvalue weighted by Gasteiger charge is 2.57. The van der Waals surface area contributed by atoms with Gasteiger partial charge in [-0.3, -0.25) is 4.79 Å². The first-order valence-corrected chi connectivity index (χ1v) is 8.33. The average molecular weight is 302 g/mol. The third kappa shape index (κ3) is 3.43. The number of carbonyl (C=O) groups excluding carboxylic acids is 1. The minimum atomic E-state index is 0.169. The number of anilines is 1. The van der Waals surface area contributed by atoms with Crippen molar-refractivity contribution in [1.29, 1.82) is 0 Å². The van der Waals surface area contributed by atoms with Crippen LogP contribution in [0, 0.1) is 17.3 Å². The van der Waals surface area contributed by atoms with E-state index in [0.29, 0.717) is 12.5 Å². The van der Waals surface area contributed by atoms with Gasteiger partial charge in [0.25, 0.3) is 0 Å². The molecule has 22 heavy (non-hydrogen) atoms. The number of hydrogen-bond acceptors (Lipinski definition) is 3. The van der Waals surface area contributed by atoms with E-state index >= 15 is 0 Å². The smallest absolute Gasteiger partial charge is 0.228 e. The van der Waals surface area contributed by atoms with Crippen LogP contribution >= 0.6 is 0 Å². The number of piperidine rings is 1. The molecule has 120 valence electrons. The summed E-state index contributed by atoms with van der Waals surface area (Å²) in [5.41, 5.74) is 1.11. The lowest BCUT2D eigenvalue weighted by molar-refractivity contribution is -0.118. The molecule has 1 atom stereocenters. The second kappa shape index (κ2) is 6.29. The lowest BCUT2D eigenvalue weighted by Crippen LogP contribution is -2.31. The first kappa shape index (κ1) is 15.3. The van der Waals surface area contributed by atoms with Crippen molar-refractivity contribution in [1.82, 2.24) is 5.32 Å². The van der Waals surface area contributed by atoms with Crippen LogP contribution in [0.25, 0.3) is 0 Å². The lowest BCUT2D eigenvalue weighted by Gasteiger charge is -2.23. The highest BCUT2D eigenvalue weighted by atomic mass is 16.5. The van der Waals surface area contributed by atoms with E-state index in [9.17, 15) is 4.79 Å². The van der Waals surface area contributed by atoms with Gasteiger partial charge in [-0.05, 0) is 55.8 Å². The largest absolute Gasteiger partial charge is 0.493 e. The van der Waals surface area contributed by atoms with Crippen molar-refractivity contribution in [2.75, 3.05) is 25.0 Å². The van der Waals surface area contributed by atoms with E-state index < -0.39 is 0 Å². The summed E-state index contributed by atoms with van der Waals surface area (Å²) in [4.78, 5) is 12.5. The normalized spacial score (nSPS) is 22.6. The van der Waals surface area contributed by atoms with Gasteiger partial charge in [0.15, 0.2) is 0 Å². The number of nitrogens with one attached hydrogen (secondary N) is 2. The molecule has 1 aliphatic carbocycles. The van der Waals surface area contributed by atoms with Crippen molar-refractivity contribution in [3.05, 3.63) is 24.3 Å². The highest BCUT2D eigenvalue weighted by Crippen LogP contribution is 2.58. The summed E-state index contributed by atoms with van der Waals surface area (Å²) in [6, 6.07) is 7.71. The fraction of sp³-hybridized carbons (Fsp3) is 0.611. The van der Waals surface area contributed by atoms with Crippen LogP contribution in [0.2, 0.25) is 0 Å². The second-order valence-corrected chi connectivity index (χ2v) is 7.09. The molecule has 4 nitrogen and oxygen atoms in total. The van der Waals surface area contributed by atoms with Crippen molar-refractivity contribution in [3.63, 3.8) is 0 Å². The zero-order valence-corrected chi connectivity index (χ0v) is 13.5. The zero-order chi connectivity index (χ0) is 15.6. The van der Waals surface area contributed by atoms with Crippen molar-refractivity contribution < 1.29 is 9.53 Å². The summed E-state index contributed by atoms with van der Waals surface area (Å²) in [7, 11) is 0. The van der Waals surface area contributed by atoms with Crippen LogP contribution in [0.3, 0.4) is 0 Å².